The number of rotatable bonds is 7. The normalized spacial score (nSPS) is 18.3. The second-order valence-electron chi connectivity index (χ2n) is 4.64. The van der Waals surface area contributed by atoms with Crippen LogP contribution >= 0.6 is 0 Å². The van der Waals surface area contributed by atoms with Gasteiger partial charge in [0, 0.05) is 6.54 Å². The highest BCUT2D eigenvalue weighted by Crippen LogP contribution is 2.06. The summed E-state index contributed by atoms with van der Waals surface area (Å²) in [7, 11) is 0. The molecular formula is C12H22N2O4. The molecule has 18 heavy (non-hydrogen) atoms. The van der Waals surface area contributed by atoms with Crippen LogP contribution in [0.5, 0.6) is 0 Å². The predicted molar refractivity (Wildman–Crippen MR) is 66.3 cm³/mol. The molecule has 0 bridgehead atoms. The maximum absolute atomic E-state index is 11.4. The Labute approximate surface area is 107 Å². The number of piperidine rings is 1. The highest BCUT2D eigenvalue weighted by molar-refractivity contribution is 5.77. The molecule has 3 N–H and O–H groups in total. The Morgan fingerprint density at radius 3 is 2.72 bits per heavy atom. The van der Waals surface area contributed by atoms with E-state index in [1.54, 1.807) is 6.92 Å². The van der Waals surface area contributed by atoms with E-state index in [1.807, 2.05) is 0 Å². The van der Waals surface area contributed by atoms with Gasteiger partial charge in [0.25, 0.3) is 0 Å². The van der Waals surface area contributed by atoms with Gasteiger partial charge in [-0.3, -0.25) is 9.59 Å². The van der Waals surface area contributed by atoms with Crippen molar-refractivity contribution >= 4 is 11.9 Å². The van der Waals surface area contributed by atoms with E-state index in [0.29, 0.717) is 13.0 Å². The SMILES string of the molecule is CC(CCNC(=O)COC1CCNCC1)C(=O)O. The van der Waals surface area contributed by atoms with E-state index >= 15 is 0 Å². The lowest BCUT2D eigenvalue weighted by Gasteiger charge is -2.22. The molecule has 0 aromatic rings. The minimum absolute atomic E-state index is 0.0616. The predicted octanol–water partition coefficient (Wildman–Crippen LogP) is -0.0180. The van der Waals surface area contributed by atoms with Gasteiger partial charge in [0.05, 0.1) is 12.0 Å². The molecule has 1 atom stereocenters. The number of carboxylic acid groups (broad SMARTS) is 1. The molecule has 1 aliphatic rings. The first-order valence-corrected chi connectivity index (χ1v) is 6.41. The van der Waals surface area contributed by atoms with Crippen molar-refractivity contribution in [2.45, 2.75) is 32.3 Å². The van der Waals surface area contributed by atoms with Gasteiger partial charge in [-0.2, -0.15) is 0 Å². The van der Waals surface area contributed by atoms with Crippen LogP contribution in [0.3, 0.4) is 0 Å². The maximum Gasteiger partial charge on any atom is 0.306 e. The zero-order valence-corrected chi connectivity index (χ0v) is 10.8. The number of hydrogen-bond donors (Lipinski definition) is 3. The van der Waals surface area contributed by atoms with E-state index in [0.717, 1.165) is 25.9 Å². The molecule has 1 rings (SSSR count). The van der Waals surface area contributed by atoms with Crippen LogP contribution in [0.25, 0.3) is 0 Å². The summed E-state index contributed by atoms with van der Waals surface area (Å²) in [6, 6.07) is 0. The van der Waals surface area contributed by atoms with Crippen molar-refractivity contribution in [1.29, 1.82) is 0 Å². The van der Waals surface area contributed by atoms with Gasteiger partial charge in [-0.25, -0.2) is 0 Å². The molecule has 0 aromatic carbocycles. The number of carbonyl (C=O) groups excluding carboxylic acids is 1. The van der Waals surface area contributed by atoms with Gasteiger partial charge < -0.3 is 20.5 Å². The van der Waals surface area contributed by atoms with Crippen molar-refractivity contribution in [3.63, 3.8) is 0 Å². The van der Waals surface area contributed by atoms with Crippen LogP contribution in [0.2, 0.25) is 0 Å². The third kappa shape index (κ3) is 5.97. The molecule has 1 saturated heterocycles. The Balaban J connectivity index is 2.04. The van der Waals surface area contributed by atoms with Crippen molar-refractivity contribution in [2.24, 2.45) is 5.92 Å². The number of carboxylic acids is 1. The quantitative estimate of drug-likeness (QED) is 0.597. The zero-order chi connectivity index (χ0) is 13.4. The van der Waals surface area contributed by atoms with Crippen molar-refractivity contribution in [1.82, 2.24) is 10.6 Å². The van der Waals surface area contributed by atoms with E-state index < -0.39 is 11.9 Å². The van der Waals surface area contributed by atoms with Gasteiger partial charge in [0.2, 0.25) is 5.91 Å². The fourth-order valence-electron chi connectivity index (χ4n) is 1.76. The Kier molecular flexibility index (Phi) is 6.67. The number of ether oxygens (including phenoxy) is 1. The van der Waals surface area contributed by atoms with Crippen LogP contribution in [0.1, 0.15) is 26.2 Å². The Morgan fingerprint density at radius 1 is 1.44 bits per heavy atom. The second kappa shape index (κ2) is 8.05. The van der Waals surface area contributed by atoms with Crippen LogP contribution in [-0.4, -0.2) is 49.3 Å². The lowest BCUT2D eigenvalue weighted by atomic mass is 10.1. The van der Waals surface area contributed by atoms with Crippen LogP contribution in [0.15, 0.2) is 0 Å². The fourth-order valence-corrected chi connectivity index (χ4v) is 1.76. The van der Waals surface area contributed by atoms with E-state index in [4.69, 9.17) is 9.84 Å². The van der Waals surface area contributed by atoms with Crippen molar-refractivity contribution < 1.29 is 19.4 Å². The second-order valence-corrected chi connectivity index (χ2v) is 4.64. The van der Waals surface area contributed by atoms with Crippen LogP contribution in [-0.2, 0) is 14.3 Å². The summed E-state index contributed by atoms with van der Waals surface area (Å²) in [4.78, 5) is 22.0. The lowest BCUT2D eigenvalue weighted by Crippen LogP contribution is -2.36. The molecule has 1 heterocycles. The smallest absolute Gasteiger partial charge is 0.306 e. The number of aliphatic carboxylic acids is 1. The molecule has 0 saturated carbocycles. The summed E-state index contributed by atoms with van der Waals surface area (Å²) in [6.45, 7) is 3.93. The molecule has 1 unspecified atom stereocenters. The minimum atomic E-state index is -0.838. The van der Waals surface area contributed by atoms with Gasteiger partial charge in [0.15, 0.2) is 0 Å². The first-order valence-electron chi connectivity index (χ1n) is 6.41. The first kappa shape index (κ1) is 14.9. The largest absolute Gasteiger partial charge is 0.481 e. The standard InChI is InChI=1S/C12H22N2O4/c1-9(12(16)17)2-7-14-11(15)8-18-10-3-5-13-6-4-10/h9-10,13H,2-8H2,1H3,(H,14,15)(H,16,17). The lowest BCUT2D eigenvalue weighted by molar-refractivity contribution is -0.141. The molecule has 6 heteroatoms. The fraction of sp³-hybridized carbons (Fsp3) is 0.833. The average molecular weight is 258 g/mol. The van der Waals surface area contributed by atoms with Crippen LogP contribution in [0.4, 0.5) is 0 Å². The van der Waals surface area contributed by atoms with E-state index in [9.17, 15) is 9.59 Å². The summed E-state index contributed by atoms with van der Waals surface area (Å²) in [6.07, 6.45) is 2.47. The van der Waals surface area contributed by atoms with E-state index in [2.05, 4.69) is 10.6 Å². The van der Waals surface area contributed by atoms with Crippen molar-refractivity contribution in [3.8, 4) is 0 Å². The Hall–Kier alpha value is -1.14. The van der Waals surface area contributed by atoms with Crippen molar-refractivity contribution in [2.75, 3.05) is 26.2 Å². The number of carbonyl (C=O) groups is 2. The maximum atomic E-state index is 11.4. The molecule has 1 aliphatic heterocycles. The highest BCUT2D eigenvalue weighted by Gasteiger charge is 2.15. The van der Waals surface area contributed by atoms with Crippen LogP contribution < -0.4 is 10.6 Å². The Morgan fingerprint density at radius 2 is 2.11 bits per heavy atom. The summed E-state index contributed by atoms with van der Waals surface area (Å²) in [5.74, 6) is -1.45. The summed E-state index contributed by atoms with van der Waals surface area (Å²) in [5.41, 5.74) is 0. The minimum Gasteiger partial charge on any atom is -0.481 e. The molecule has 104 valence electrons. The summed E-state index contributed by atoms with van der Waals surface area (Å²) >= 11 is 0. The van der Waals surface area contributed by atoms with E-state index in [-0.39, 0.29) is 18.6 Å². The number of nitrogens with one attached hydrogen (secondary N) is 2. The van der Waals surface area contributed by atoms with Crippen LogP contribution in [0, 0.1) is 5.92 Å². The molecule has 0 aliphatic carbocycles. The molecular weight excluding hydrogens is 236 g/mol. The average Bonchev–Trinajstić information content (AvgIpc) is 2.37. The third-order valence-corrected chi connectivity index (χ3v) is 3.06. The van der Waals surface area contributed by atoms with Gasteiger partial charge in [-0.05, 0) is 32.4 Å². The monoisotopic (exact) mass is 258 g/mol. The molecule has 0 spiro atoms. The zero-order valence-electron chi connectivity index (χ0n) is 10.8. The topological polar surface area (TPSA) is 87.7 Å². The third-order valence-electron chi connectivity index (χ3n) is 3.06. The molecule has 0 radical (unpaired) electrons. The van der Waals surface area contributed by atoms with Gasteiger partial charge in [-0.15, -0.1) is 0 Å². The number of hydrogen-bond acceptors (Lipinski definition) is 4. The highest BCUT2D eigenvalue weighted by atomic mass is 16.5. The summed E-state index contributed by atoms with van der Waals surface area (Å²) < 4.78 is 5.48. The van der Waals surface area contributed by atoms with Gasteiger partial charge >= 0.3 is 5.97 Å². The van der Waals surface area contributed by atoms with Gasteiger partial charge in [0.1, 0.15) is 6.61 Å². The molecule has 1 amide bonds. The molecule has 0 aromatic heterocycles. The Bertz CT molecular complexity index is 277. The molecule has 6 nitrogen and oxygen atoms in total. The van der Waals surface area contributed by atoms with E-state index in [1.165, 1.54) is 0 Å². The summed E-state index contributed by atoms with van der Waals surface area (Å²) in [5, 5.41) is 14.6. The van der Waals surface area contributed by atoms with Crippen molar-refractivity contribution in [3.05, 3.63) is 0 Å². The number of amides is 1. The van der Waals surface area contributed by atoms with Gasteiger partial charge in [-0.1, -0.05) is 6.92 Å². The first-order chi connectivity index (χ1) is 8.59. The molecule has 1 fully saturated rings.